The molecular formula is C15H17F3N2O2S. The lowest BCUT2D eigenvalue weighted by Gasteiger charge is -2.34. The van der Waals surface area contributed by atoms with E-state index in [0.29, 0.717) is 23.9 Å². The molecule has 0 aliphatic carbocycles. The largest absolute Gasteiger partial charge is 0.406 e. The highest BCUT2D eigenvalue weighted by atomic mass is 32.1. The van der Waals surface area contributed by atoms with Crippen LogP contribution in [0.2, 0.25) is 0 Å². The monoisotopic (exact) mass is 346 g/mol. The first-order valence-electron chi connectivity index (χ1n) is 7.52. The average Bonchev–Trinajstić information content (AvgIpc) is 3.10. The first kappa shape index (κ1) is 16.4. The van der Waals surface area contributed by atoms with Crippen LogP contribution < -0.4 is 0 Å². The Morgan fingerprint density at radius 3 is 2.48 bits per heavy atom. The van der Waals surface area contributed by atoms with Gasteiger partial charge in [-0.3, -0.25) is 19.4 Å². The van der Waals surface area contributed by atoms with Crippen LogP contribution in [-0.4, -0.2) is 53.5 Å². The van der Waals surface area contributed by atoms with Gasteiger partial charge in [-0.15, -0.1) is 0 Å². The molecule has 23 heavy (non-hydrogen) atoms. The fourth-order valence-corrected chi connectivity index (χ4v) is 4.09. The molecule has 0 spiro atoms. The van der Waals surface area contributed by atoms with Crippen molar-refractivity contribution in [1.82, 2.24) is 9.80 Å². The van der Waals surface area contributed by atoms with Crippen LogP contribution in [0.3, 0.4) is 0 Å². The van der Waals surface area contributed by atoms with Crippen LogP contribution in [0.4, 0.5) is 13.2 Å². The molecule has 0 bridgehead atoms. The molecule has 126 valence electrons. The predicted octanol–water partition coefficient (Wildman–Crippen LogP) is 2.62. The van der Waals surface area contributed by atoms with Gasteiger partial charge in [0.15, 0.2) is 0 Å². The Hall–Kier alpha value is -1.41. The number of piperidine rings is 1. The summed E-state index contributed by atoms with van der Waals surface area (Å²) in [5.41, 5.74) is 1.28. The molecular weight excluding hydrogens is 329 g/mol. The van der Waals surface area contributed by atoms with Gasteiger partial charge in [0.25, 0.3) is 0 Å². The Balaban J connectivity index is 1.61. The van der Waals surface area contributed by atoms with Gasteiger partial charge in [0.2, 0.25) is 11.8 Å². The molecule has 0 aromatic carbocycles. The Kier molecular flexibility index (Phi) is 4.46. The number of halogens is 3. The number of likely N-dealkylation sites (tertiary alicyclic amines) is 2. The zero-order chi connectivity index (χ0) is 16.6. The lowest BCUT2D eigenvalue weighted by Crippen LogP contribution is -2.47. The highest BCUT2D eigenvalue weighted by Gasteiger charge is 2.46. The van der Waals surface area contributed by atoms with Crippen molar-refractivity contribution in [2.75, 3.05) is 19.6 Å². The minimum absolute atomic E-state index is 0.141. The van der Waals surface area contributed by atoms with Crippen molar-refractivity contribution in [2.24, 2.45) is 0 Å². The van der Waals surface area contributed by atoms with Gasteiger partial charge >= 0.3 is 6.18 Å². The van der Waals surface area contributed by atoms with Gasteiger partial charge in [0, 0.05) is 0 Å². The van der Waals surface area contributed by atoms with E-state index in [1.807, 2.05) is 10.3 Å². The molecule has 0 saturated carbocycles. The first-order valence-corrected chi connectivity index (χ1v) is 8.46. The van der Waals surface area contributed by atoms with Crippen molar-refractivity contribution in [3.05, 3.63) is 22.4 Å². The quantitative estimate of drug-likeness (QED) is 0.790. The number of thiophene rings is 1. The topological polar surface area (TPSA) is 40.6 Å². The molecule has 8 heteroatoms. The smallest absolute Gasteiger partial charge is 0.291 e. The third-order valence-corrected chi connectivity index (χ3v) is 5.24. The summed E-state index contributed by atoms with van der Waals surface area (Å²) < 4.78 is 37.4. The summed E-state index contributed by atoms with van der Waals surface area (Å²) in [4.78, 5) is 26.1. The molecule has 4 nitrogen and oxygen atoms in total. The maximum absolute atomic E-state index is 12.5. The lowest BCUT2D eigenvalue weighted by molar-refractivity contribution is -0.166. The number of imide groups is 1. The van der Waals surface area contributed by atoms with Gasteiger partial charge in [-0.25, -0.2) is 0 Å². The van der Waals surface area contributed by atoms with Gasteiger partial charge in [0.1, 0.15) is 6.54 Å². The summed E-state index contributed by atoms with van der Waals surface area (Å²) in [5.74, 6) is -1.01. The van der Waals surface area contributed by atoms with Crippen LogP contribution in [0.25, 0.3) is 0 Å². The summed E-state index contributed by atoms with van der Waals surface area (Å²) >= 11 is 1.64. The second kappa shape index (κ2) is 6.24. The Morgan fingerprint density at radius 1 is 1.22 bits per heavy atom. The maximum Gasteiger partial charge on any atom is 0.406 e. The molecule has 2 aliphatic heterocycles. The van der Waals surface area contributed by atoms with Crippen LogP contribution in [-0.2, 0) is 9.59 Å². The normalized spacial score (nSPS) is 24.7. The van der Waals surface area contributed by atoms with Crippen molar-refractivity contribution >= 4 is 23.2 Å². The molecule has 2 fully saturated rings. The van der Waals surface area contributed by atoms with Crippen LogP contribution in [0.15, 0.2) is 16.8 Å². The van der Waals surface area contributed by atoms with Crippen molar-refractivity contribution in [1.29, 1.82) is 0 Å². The van der Waals surface area contributed by atoms with Crippen LogP contribution in [0.1, 0.15) is 30.7 Å². The number of nitrogens with zero attached hydrogens (tertiary/aromatic N) is 2. The number of rotatable bonds is 3. The van der Waals surface area contributed by atoms with Crippen LogP contribution in [0, 0.1) is 0 Å². The summed E-state index contributed by atoms with van der Waals surface area (Å²) in [5, 5.41) is 4.13. The Labute approximate surface area is 135 Å². The molecule has 2 amide bonds. The van der Waals surface area contributed by atoms with Gasteiger partial charge in [0.05, 0.1) is 12.5 Å². The summed E-state index contributed by atoms with van der Waals surface area (Å²) in [6.45, 7) is -0.222. The predicted molar refractivity (Wildman–Crippen MR) is 79.0 cm³/mol. The third-order valence-electron chi connectivity index (χ3n) is 4.54. The van der Waals surface area contributed by atoms with Crippen molar-refractivity contribution in [3.8, 4) is 0 Å². The first-order chi connectivity index (χ1) is 10.8. The number of amides is 2. The summed E-state index contributed by atoms with van der Waals surface area (Å²) in [7, 11) is 0. The van der Waals surface area contributed by atoms with Crippen LogP contribution in [0.5, 0.6) is 0 Å². The fourth-order valence-electron chi connectivity index (χ4n) is 3.35. The van der Waals surface area contributed by atoms with Crippen molar-refractivity contribution in [2.45, 2.75) is 37.4 Å². The minimum atomic E-state index is -4.55. The summed E-state index contributed by atoms with van der Waals surface area (Å²) in [6.07, 6.45) is -2.98. The third kappa shape index (κ3) is 3.58. The lowest BCUT2D eigenvalue weighted by atomic mass is 9.90. The molecule has 0 radical (unpaired) electrons. The summed E-state index contributed by atoms with van der Waals surface area (Å²) in [6, 6.07) is 1.36. The van der Waals surface area contributed by atoms with Gasteiger partial charge in [-0.1, -0.05) is 0 Å². The Morgan fingerprint density at radius 2 is 1.91 bits per heavy atom. The fraction of sp³-hybridized carbons (Fsp3) is 0.600. The van der Waals surface area contributed by atoms with Crippen molar-refractivity contribution in [3.63, 3.8) is 0 Å². The van der Waals surface area contributed by atoms with E-state index in [9.17, 15) is 22.8 Å². The average molecular weight is 346 g/mol. The second-order valence-corrected chi connectivity index (χ2v) is 6.80. The molecule has 3 heterocycles. The van der Waals surface area contributed by atoms with Gasteiger partial charge < -0.3 is 0 Å². The van der Waals surface area contributed by atoms with E-state index in [1.165, 1.54) is 5.56 Å². The van der Waals surface area contributed by atoms with Crippen molar-refractivity contribution < 1.29 is 22.8 Å². The van der Waals surface area contributed by atoms with E-state index < -0.39 is 30.6 Å². The molecule has 0 N–H and O–H groups in total. The molecule has 1 atom stereocenters. The molecule has 3 rings (SSSR count). The number of hydrogen-bond donors (Lipinski definition) is 0. The zero-order valence-electron chi connectivity index (χ0n) is 12.4. The SMILES string of the molecule is O=C1C[C@H](N2CCC(c3ccsc3)CC2)C(=O)N1CC(F)(F)F. The second-order valence-electron chi connectivity index (χ2n) is 6.02. The van der Waals surface area contributed by atoms with E-state index in [1.54, 1.807) is 11.3 Å². The minimum Gasteiger partial charge on any atom is -0.291 e. The molecule has 1 aromatic rings. The standard InChI is InChI=1S/C15H17F3N2O2S/c16-15(17,18)9-20-13(21)7-12(14(20)22)19-4-1-10(2-5-19)11-3-6-23-8-11/h3,6,8,10,12H,1-2,4-5,7,9H2/t12-/m0/s1. The van der Waals surface area contributed by atoms with Gasteiger partial charge in [-0.2, -0.15) is 24.5 Å². The Bertz CT molecular complexity index is 580. The number of alkyl halides is 3. The molecule has 1 aromatic heterocycles. The highest BCUT2D eigenvalue weighted by Crippen LogP contribution is 2.32. The van der Waals surface area contributed by atoms with E-state index in [0.717, 1.165) is 12.8 Å². The zero-order valence-corrected chi connectivity index (χ0v) is 13.2. The molecule has 2 aliphatic rings. The number of carbonyl (C=O) groups excluding carboxylic acids is 2. The van der Waals surface area contributed by atoms with E-state index >= 15 is 0 Å². The number of hydrogen-bond acceptors (Lipinski definition) is 4. The molecule has 2 saturated heterocycles. The van der Waals surface area contributed by atoms with Gasteiger partial charge in [-0.05, 0) is 54.2 Å². The molecule has 0 unspecified atom stereocenters. The van der Waals surface area contributed by atoms with E-state index in [2.05, 4.69) is 11.4 Å². The van der Waals surface area contributed by atoms with Crippen LogP contribution >= 0.6 is 11.3 Å². The maximum atomic E-state index is 12.5. The van der Waals surface area contributed by atoms with E-state index in [-0.39, 0.29) is 6.42 Å². The van der Waals surface area contributed by atoms with E-state index in [4.69, 9.17) is 0 Å². The number of carbonyl (C=O) groups is 2. The highest BCUT2D eigenvalue weighted by molar-refractivity contribution is 7.07.